The van der Waals surface area contributed by atoms with Crippen LogP contribution in [0, 0.1) is 23.2 Å². The molecule has 3 unspecified atom stereocenters. The number of hydrogen-bond donors (Lipinski definition) is 1. The standard InChI is InChI=1S/C16H31N/c1-12(2)7-8-16(11-17-13(3)4)10-14-5-6-15(16)9-14/h12-15,17H,5-11H2,1-4H3. The molecule has 3 atom stereocenters. The molecule has 1 N–H and O–H groups in total. The Hall–Kier alpha value is -0.0400. The number of nitrogens with one attached hydrogen (secondary N) is 1. The summed E-state index contributed by atoms with van der Waals surface area (Å²) in [6, 6.07) is 0.644. The molecule has 2 fully saturated rings. The zero-order valence-electron chi connectivity index (χ0n) is 12.3. The molecule has 0 aliphatic heterocycles. The molecule has 2 aliphatic rings. The van der Waals surface area contributed by atoms with E-state index in [1.807, 2.05) is 0 Å². The van der Waals surface area contributed by atoms with Crippen molar-refractivity contribution < 1.29 is 0 Å². The molecule has 1 nitrogen and oxygen atoms in total. The van der Waals surface area contributed by atoms with E-state index >= 15 is 0 Å². The first-order valence-electron chi connectivity index (χ1n) is 7.75. The van der Waals surface area contributed by atoms with Gasteiger partial charge in [-0.3, -0.25) is 0 Å². The van der Waals surface area contributed by atoms with Gasteiger partial charge in [0.1, 0.15) is 0 Å². The lowest BCUT2D eigenvalue weighted by atomic mass is 9.69. The molecule has 0 saturated heterocycles. The largest absolute Gasteiger partial charge is 0.314 e. The maximum absolute atomic E-state index is 3.74. The van der Waals surface area contributed by atoms with Gasteiger partial charge in [-0.1, -0.05) is 40.5 Å². The Balaban J connectivity index is 1.96. The van der Waals surface area contributed by atoms with Crippen LogP contribution in [0.3, 0.4) is 0 Å². The molecule has 0 heterocycles. The van der Waals surface area contributed by atoms with Crippen LogP contribution < -0.4 is 5.32 Å². The van der Waals surface area contributed by atoms with Crippen LogP contribution in [0.25, 0.3) is 0 Å². The fourth-order valence-corrected chi connectivity index (χ4v) is 4.15. The van der Waals surface area contributed by atoms with Crippen LogP contribution in [0.2, 0.25) is 0 Å². The van der Waals surface area contributed by atoms with Crippen LogP contribution in [0.1, 0.15) is 66.2 Å². The molecule has 0 spiro atoms. The highest BCUT2D eigenvalue weighted by Gasteiger charge is 2.49. The third kappa shape index (κ3) is 3.05. The van der Waals surface area contributed by atoms with Crippen molar-refractivity contribution in [3.05, 3.63) is 0 Å². The van der Waals surface area contributed by atoms with E-state index in [9.17, 15) is 0 Å². The third-order valence-corrected chi connectivity index (χ3v) is 5.18. The molecule has 1 heteroatoms. The predicted molar refractivity (Wildman–Crippen MR) is 75.1 cm³/mol. The number of fused-ring (bicyclic) bond motifs is 2. The van der Waals surface area contributed by atoms with E-state index in [-0.39, 0.29) is 0 Å². The lowest BCUT2D eigenvalue weighted by Gasteiger charge is -2.39. The van der Waals surface area contributed by atoms with E-state index < -0.39 is 0 Å². The van der Waals surface area contributed by atoms with Crippen LogP contribution in [0.4, 0.5) is 0 Å². The Kier molecular flexibility index (Phi) is 4.18. The summed E-state index contributed by atoms with van der Waals surface area (Å²) in [6.45, 7) is 10.6. The molecular formula is C16H31N. The van der Waals surface area contributed by atoms with Crippen molar-refractivity contribution in [2.75, 3.05) is 6.54 Å². The highest BCUT2D eigenvalue weighted by molar-refractivity contribution is 5.01. The summed E-state index contributed by atoms with van der Waals surface area (Å²) in [6.07, 6.45) is 8.98. The van der Waals surface area contributed by atoms with Crippen LogP contribution in [0.5, 0.6) is 0 Å². The average Bonchev–Trinajstić information content (AvgIpc) is 2.84. The van der Waals surface area contributed by atoms with E-state index in [0.29, 0.717) is 11.5 Å². The second-order valence-corrected chi connectivity index (χ2v) is 7.41. The minimum atomic E-state index is 0.644. The van der Waals surface area contributed by atoms with Crippen LogP contribution in [-0.2, 0) is 0 Å². The Morgan fingerprint density at radius 2 is 1.94 bits per heavy atom. The molecule has 2 aliphatic carbocycles. The van der Waals surface area contributed by atoms with Crippen LogP contribution in [-0.4, -0.2) is 12.6 Å². The first kappa shape index (κ1) is 13.4. The summed E-state index contributed by atoms with van der Waals surface area (Å²) in [7, 11) is 0. The zero-order chi connectivity index (χ0) is 12.5. The summed E-state index contributed by atoms with van der Waals surface area (Å²) in [5, 5.41) is 3.74. The SMILES string of the molecule is CC(C)CCC1(CNC(C)C)CC2CCC1C2. The van der Waals surface area contributed by atoms with Gasteiger partial charge in [0.05, 0.1) is 0 Å². The van der Waals surface area contributed by atoms with Crippen molar-refractivity contribution in [3.63, 3.8) is 0 Å². The third-order valence-electron chi connectivity index (χ3n) is 5.18. The van der Waals surface area contributed by atoms with Gasteiger partial charge in [-0.25, -0.2) is 0 Å². The minimum Gasteiger partial charge on any atom is -0.314 e. The highest BCUT2D eigenvalue weighted by Crippen LogP contribution is 2.58. The van der Waals surface area contributed by atoms with E-state index in [4.69, 9.17) is 0 Å². The molecule has 0 radical (unpaired) electrons. The van der Waals surface area contributed by atoms with Crippen LogP contribution in [0.15, 0.2) is 0 Å². The van der Waals surface area contributed by atoms with E-state index in [2.05, 4.69) is 33.0 Å². The minimum absolute atomic E-state index is 0.644. The van der Waals surface area contributed by atoms with Gasteiger partial charge in [0.25, 0.3) is 0 Å². The van der Waals surface area contributed by atoms with E-state index in [0.717, 1.165) is 17.8 Å². The van der Waals surface area contributed by atoms with Gasteiger partial charge in [0, 0.05) is 12.6 Å². The molecule has 2 bridgehead atoms. The summed E-state index contributed by atoms with van der Waals surface area (Å²) in [5.41, 5.74) is 0.664. The van der Waals surface area contributed by atoms with Gasteiger partial charge < -0.3 is 5.32 Å². The fourth-order valence-electron chi connectivity index (χ4n) is 4.15. The maximum atomic E-state index is 3.74. The van der Waals surface area contributed by atoms with Crippen molar-refractivity contribution >= 4 is 0 Å². The van der Waals surface area contributed by atoms with Gasteiger partial charge in [-0.05, 0) is 48.9 Å². The highest BCUT2D eigenvalue weighted by atomic mass is 14.9. The fraction of sp³-hybridized carbons (Fsp3) is 1.00. The molecule has 0 aromatic rings. The van der Waals surface area contributed by atoms with Crippen LogP contribution >= 0.6 is 0 Å². The monoisotopic (exact) mass is 237 g/mol. The smallest absolute Gasteiger partial charge is 0.00129 e. The molecule has 2 saturated carbocycles. The first-order chi connectivity index (χ1) is 8.02. The van der Waals surface area contributed by atoms with E-state index in [1.54, 1.807) is 0 Å². The second kappa shape index (κ2) is 5.30. The van der Waals surface area contributed by atoms with Crippen molar-refractivity contribution in [1.82, 2.24) is 5.32 Å². The quantitative estimate of drug-likeness (QED) is 0.729. The Bertz CT molecular complexity index is 232. The lowest BCUT2D eigenvalue weighted by molar-refractivity contribution is 0.130. The topological polar surface area (TPSA) is 12.0 Å². The van der Waals surface area contributed by atoms with Crippen molar-refractivity contribution in [2.24, 2.45) is 23.2 Å². The molecular weight excluding hydrogens is 206 g/mol. The number of rotatable bonds is 6. The van der Waals surface area contributed by atoms with Gasteiger partial charge in [0.15, 0.2) is 0 Å². The Labute approximate surface area is 108 Å². The Morgan fingerprint density at radius 3 is 2.41 bits per heavy atom. The summed E-state index contributed by atoms with van der Waals surface area (Å²) >= 11 is 0. The maximum Gasteiger partial charge on any atom is 0.00129 e. The van der Waals surface area contributed by atoms with Crippen molar-refractivity contribution in [3.8, 4) is 0 Å². The van der Waals surface area contributed by atoms with Gasteiger partial charge in [0.2, 0.25) is 0 Å². The molecule has 0 aromatic heterocycles. The molecule has 17 heavy (non-hydrogen) atoms. The van der Waals surface area contributed by atoms with Gasteiger partial charge in [-0.15, -0.1) is 0 Å². The summed E-state index contributed by atoms with van der Waals surface area (Å²) < 4.78 is 0. The number of hydrogen-bond acceptors (Lipinski definition) is 1. The summed E-state index contributed by atoms with van der Waals surface area (Å²) in [4.78, 5) is 0. The first-order valence-corrected chi connectivity index (χ1v) is 7.75. The molecule has 2 rings (SSSR count). The Morgan fingerprint density at radius 1 is 1.18 bits per heavy atom. The van der Waals surface area contributed by atoms with E-state index in [1.165, 1.54) is 45.1 Å². The lowest BCUT2D eigenvalue weighted by Crippen LogP contribution is -2.41. The van der Waals surface area contributed by atoms with Gasteiger partial charge in [-0.2, -0.15) is 0 Å². The van der Waals surface area contributed by atoms with Crippen molar-refractivity contribution in [1.29, 1.82) is 0 Å². The van der Waals surface area contributed by atoms with Crippen molar-refractivity contribution in [2.45, 2.75) is 72.3 Å². The molecule has 0 aromatic carbocycles. The summed E-state index contributed by atoms with van der Waals surface area (Å²) in [5.74, 6) is 2.98. The molecule has 100 valence electrons. The molecule has 0 amide bonds. The second-order valence-electron chi connectivity index (χ2n) is 7.41. The normalized spacial score (nSPS) is 36.4. The zero-order valence-corrected chi connectivity index (χ0v) is 12.3. The van der Waals surface area contributed by atoms with Gasteiger partial charge >= 0.3 is 0 Å². The predicted octanol–water partition coefficient (Wildman–Crippen LogP) is 4.23. The average molecular weight is 237 g/mol.